The number of carboxylic acids is 1. The smallest absolute Gasteiger partial charge is 0.480 e. The summed E-state index contributed by atoms with van der Waals surface area (Å²) >= 11 is 1.55. The number of nitrogens with zero attached hydrogens (tertiary/aromatic N) is 1. The van der Waals surface area contributed by atoms with Gasteiger partial charge in [0, 0.05) is 18.0 Å². The summed E-state index contributed by atoms with van der Waals surface area (Å²) in [6.45, 7) is 10.7. The standard InChI is InChI=1S/C30H37N2O4SSi.Na/c1-29(2,3)30(36-38(5)6,22-14-17-31-18-15-22)23-12-13-24(25(20-23)21-10-8-7-9-11-21)27(33)32-26(28(34)35)16-19-37-4;/h7-15,17-18,20,26H,16,19H2,1-6H3,(H,32,33)(H,34,35);/q;+1. The Labute approximate surface area is 260 Å². The van der Waals surface area contributed by atoms with Crippen molar-refractivity contribution in [3.8, 4) is 11.1 Å². The van der Waals surface area contributed by atoms with E-state index < -0.39 is 32.6 Å². The van der Waals surface area contributed by atoms with Gasteiger partial charge in [-0.05, 0) is 83.5 Å². The molecule has 0 aliphatic heterocycles. The van der Waals surface area contributed by atoms with Gasteiger partial charge in [-0.3, -0.25) is 9.78 Å². The molecule has 2 aromatic carbocycles. The Balaban J connectivity index is 0.00000533. The van der Waals surface area contributed by atoms with Gasteiger partial charge >= 0.3 is 35.5 Å². The van der Waals surface area contributed by atoms with Gasteiger partial charge in [-0.1, -0.05) is 57.2 Å². The first-order valence-electron chi connectivity index (χ1n) is 12.6. The summed E-state index contributed by atoms with van der Waals surface area (Å²) in [5, 5.41) is 12.4. The molecule has 0 aliphatic rings. The van der Waals surface area contributed by atoms with Crippen molar-refractivity contribution < 1.29 is 48.7 Å². The number of benzene rings is 2. The molecule has 0 bridgehead atoms. The number of rotatable bonds is 11. The fourth-order valence-corrected chi connectivity index (χ4v) is 6.37. The number of hydrogen-bond acceptors (Lipinski definition) is 5. The fourth-order valence-electron chi connectivity index (χ4n) is 4.74. The fraction of sp³-hybridized carbons (Fsp3) is 0.367. The van der Waals surface area contributed by atoms with Gasteiger partial charge in [0.1, 0.15) is 11.6 Å². The minimum absolute atomic E-state index is 0. The van der Waals surface area contributed by atoms with E-state index >= 15 is 0 Å². The van der Waals surface area contributed by atoms with E-state index in [2.05, 4.69) is 44.2 Å². The van der Waals surface area contributed by atoms with Crippen molar-refractivity contribution in [3.63, 3.8) is 0 Å². The maximum Gasteiger partial charge on any atom is 1.00 e. The minimum Gasteiger partial charge on any atom is -0.480 e. The van der Waals surface area contributed by atoms with Crippen LogP contribution in [0.1, 0.15) is 48.7 Å². The maximum absolute atomic E-state index is 13.5. The first kappa shape index (κ1) is 33.3. The molecule has 0 fully saturated rings. The van der Waals surface area contributed by atoms with Crippen molar-refractivity contribution in [2.75, 3.05) is 12.0 Å². The molecule has 0 spiro atoms. The van der Waals surface area contributed by atoms with Gasteiger partial charge in [0.15, 0.2) is 0 Å². The van der Waals surface area contributed by atoms with E-state index in [1.807, 2.05) is 60.9 Å². The Kier molecular flexibility index (Phi) is 12.5. The Morgan fingerprint density at radius 2 is 1.67 bits per heavy atom. The molecule has 1 aromatic heterocycles. The van der Waals surface area contributed by atoms with Crippen molar-refractivity contribution >= 4 is 32.7 Å². The van der Waals surface area contributed by atoms with Gasteiger partial charge < -0.3 is 14.8 Å². The molecule has 2 atom stereocenters. The third-order valence-electron chi connectivity index (χ3n) is 6.47. The maximum atomic E-state index is 13.5. The zero-order valence-corrected chi connectivity index (χ0v) is 27.8. The van der Waals surface area contributed by atoms with E-state index in [1.54, 1.807) is 30.2 Å². The number of aromatic nitrogens is 1. The zero-order valence-electron chi connectivity index (χ0n) is 23.9. The molecular formula is C30H37N2NaO4SSi+. The van der Waals surface area contributed by atoms with Gasteiger partial charge in [-0.25, -0.2) is 4.79 Å². The monoisotopic (exact) mass is 572 g/mol. The summed E-state index contributed by atoms with van der Waals surface area (Å²) in [4.78, 5) is 29.6. The predicted octanol–water partition coefficient (Wildman–Crippen LogP) is 3.25. The Bertz CT molecular complexity index is 1240. The molecule has 3 aromatic rings. The van der Waals surface area contributed by atoms with Crippen molar-refractivity contribution in [1.82, 2.24) is 10.3 Å². The van der Waals surface area contributed by atoms with Crippen LogP contribution in [-0.2, 0) is 14.8 Å². The van der Waals surface area contributed by atoms with Gasteiger partial charge in [-0.15, -0.1) is 0 Å². The number of thioether (sulfide) groups is 1. The second-order valence-electron chi connectivity index (χ2n) is 10.4. The Morgan fingerprint density at radius 1 is 1.03 bits per heavy atom. The second-order valence-corrected chi connectivity index (χ2v) is 13.5. The summed E-state index contributed by atoms with van der Waals surface area (Å²) in [6, 6.07) is 18.5. The molecule has 39 heavy (non-hydrogen) atoms. The first-order chi connectivity index (χ1) is 18.0. The molecule has 2 unspecified atom stereocenters. The molecule has 2 N–H and O–H groups in total. The van der Waals surface area contributed by atoms with Crippen LogP contribution in [0.5, 0.6) is 0 Å². The van der Waals surface area contributed by atoms with E-state index in [-0.39, 0.29) is 35.0 Å². The molecule has 1 amide bonds. The molecule has 1 heterocycles. The number of pyridine rings is 1. The summed E-state index contributed by atoms with van der Waals surface area (Å²) < 4.78 is 6.90. The summed E-state index contributed by atoms with van der Waals surface area (Å²) in [5.41, 5.74) is 2.79. The number of carbonyl (C=O) groups excluding carboxylic acids is 1. The van der Waals surface area contributed by atoms with Gasteiger partial charge in [0.2, 0.25) is 9.04 Å². The predicted molar refractivity (Wildman–Crippen MR) is 157 cm³/mol. The molecule has 3 rings (SSSR count). The molecule has 0 saturated carbocycles. The number of carbonyl (C=O) groups is 2. The summed E-state index contributed by atoms with van der Waals surface area (Å²) in [5.74, 6) is -0.813. The molecule has 1 radical (unpaired) electrons. The minimum atomic E-state index is -1.17. The van der Waals surface area contributed by atoms with E-state index in [0.717, 1.165) is 22.3 Å². The van der Waals surface area contributed by atoms with Crippen molar-refractivity contribution in [1.29, 1.82) is 0 Å². The van der Waals surface area contributed by atoms with E-state index in [1.165, 1.54) is 0 Å². The third kappa shape index (κ3) is 7.84. The Morgan fingerprint density at radius 3 is 2.21 bits per heavy atom. The van der Waals surface area contributed by atoms with Crippen molar-refractivity contribution in [3.05, 3.63) is 89.7 Å². The van der Waals surface area contributed by atoms with Crippen LogP contribution in [0.25, 0.3) is 11.1 Å². The third-order valence-corrected chi connectivity index (χ3v) is 7.83. The first-order valence-corrected chi connectivity index (χ1v) is 16.4. The molecule has 0 saturated heterocycles. The van der Waals surface area contributed by atoms with Crippen LogP contribution < -0.4 is 34.9 Å². The number of amides is 1. The Hall–Kier alpha value is -1.94. The van der Waals surface area contributed by atoms with Crippen LogP contribution >= 0.6 is 11.8 Å². The average Bonchev–Trinajstić information content (AvgIpc) is 2.89. The SMILES string of the molecule is CSCCC(NC(=O)c1ccc(C(O[Si](C)C)(c2ccncc2)C(C)(C)C)cc1-c1ccccc1)C(=O)O.[Na+]. The molecule has 9 heteroatoms. The quantitative estimate of drug-likeness (QED) is 0.343. The van der Waals surface area contributed by atoms with Crippen molar-refractivity contribution in [2.45, 2.75) is 51.9 Å². The zero-order chi connectivity index (χ0) is 27.9. The van der Waals surface area contributed by atoms with Crippen LogP contribution in [0.15, 0.2) is 73.1 Å². The normalized spacial score (nSPS) is 13.7. The van der Waals surface area contributed by atoms with Gasteiger partial charge in [0.25, 0.3) is 5.91 Å². The average molecular weight is 573 g/mol. The van der Waals surface area contributed by atoms with E-state index in [4.69, 9.17) is 4.43 Å². The van der Waals surface area contributed by atoms with Crippen LogP contribution in [0.4, 0.5) is 0 Å². The van der Waals surface area contributed by atoms with E-state index in [9.17, 15) is 14.7 Å². The van der Waals surface area contributed by atoms with Crippen LogP contribution in [0.3, 0.4) is 0 Å². The van der Waals surface area contributed by atoms with E-state index in [0.29, 0.717) is 17.7 Å². The number of hydrogen-bond donors (Lipinski definition) is 2. The molecule has 0 aliphatic carbocycles. The summed E-state index contributed by atoms with van der Waals surface area (Å²) in [6.07, 6.45) is 5.81. The van der Waals surface area contributed by atoms with Crippen molar-refractivity contribution in [2.24, 2.45) is 5.41 Å². The number of carboxylic acid groups (broad SMARTS) is 1. The number of nitrogens with one attached hydrogen (secondary N) is 1. The van der Waals surface area contributed by atoms with Crippen LogP contribution in [0, 0.1) is 5.41 Å². The second kappa shape index (κ2) is 14.6. The number of aliphatic carboxylic acids is 1. The van der Waals surface area contributed by atoms with Crippen LogP contribution in [0.2, 0.25) is 13.1 Å². The van der Waals surface area contributed by atoms with Crippen LogP contribution in [-0.4, -0.2) is 49.1 Å². The van der Waals surface area contributed by atoms with Gasteiger partial charge in [-0.2, -0.15) is 11.8 Å². The molecule has 6 nitrogen and oxygen atoms in total. The van der Waals surface area contributed by atoms with Gasteiger partial charge in [0.05, 0.1) is 0 Å². The largest absolute Gasteiger partial charge is 1.00 e. The summed E-state index contributed by atoms with van der Waals surface area (Å²) in [7, 11) is -1.17. The molecule has 201 valence electrons. The topological polar surface area (TPSA) is 88.5 Å². The molecular weight excluding hydrogens is 535 g/mol.